The molecule has 0 aliphatic carbocycles. The molecule has 0 saturated carbocycles. The second kappa shape index (κ2) is 10.0. The van der Waals surface area contributed by atoms with Crippen molar-refractivity contribution in [2.75, 3.05) is 18.0 Å². The molecule has 0 radical (unpaired) electrons. The van der Waals surface area contributed by atoms with Crippen molar-refractivity contribution in [1.29, 1.82) is 0 Å². The number of aryl methyl sites for hydroxylation is 1. The molecule has 178 valence electrons. The van der Waals surface area contributed by atoms with E-state index in [-0.39, 0.29) is 17.6 Å². The van der Waals surface area contributed by atoms with E-state index in [2.05, 4.69) is 37.5 Å². The molecule has 8 heteroatoms. The van der Waals surface area contributed by atoms with Crippen molar-refractivity contribution in [3.8, 4) is 22.8 Å². The van der Waals surface area contributed by atoms with Gasteiger partial charge in [0.05, 0.1) is 5.56 Å². The Balaban J connectivity index is 1.24. The lowest BCUT2D eigenvalue weighted by Gasteiger charge is -2.32. The number of halogens is 1. The fourth-order valence-electron chi connectivity index (χ4n) is 4.29. The second-order valence-corrected chi connectivity index (χ2v) is 8.77. The lowest BCUT2D eigenvalue weighted by molar-refractivity contribution is -0.125. The van der Waals surface area contributed by atoms with Crippen molar-refractivity contribution in [2.45, 2.75) is 26.3 Å². The Hall–Kier alpha value is -4.07. The summed E-state index contributed by atoms with van der Waals surface area (Å²) < 4.78 is 19.1. The minimum Gasteiger partial charge on any atom is -0.356 e. The molecule has 4 aromatic rings. The lowest BCUT2D eigenvalue weighted by atomic mass is 9.95. The predicted molar refractivity (Wildman–Crippen MR) is 131 cm³/mol. The Morgan fingerprint density at radius 3 is 2.69 bits per heavy atom. The van der Waals surface area contributed by atoms with Crippen LogP contribution in [0.3, 0.4) is 0 Å². The molecular formula is C27H26FN5O2. The van der Waals surface area contributed by atoms with E-state index >= 15 is 0 Å². The van der Waals surface area contributed by atoms with Crippen LogP contribution < -0.4 is 10.2 Å². The van der Waals surface area contributed by atoms with Gasteiger partial charge in [-0.3, -0.25) is 4.79 Å². The van der Waals surface area contributed by atoms with Crippen molar-refractivity contribution in [2.24, 2.45) is 5.92 Å². The molecule has 5 rings (SSSR count). The van der Waals surface area contributed by atoms with E-state index < -0.39 is 0 Å². The summed E-state index contributed by atoms with van der Waals surface area (Å²) in [6.45, 7) is 3.97. The number of hydrogen-bond acceptors (Lipinski definition) is 6. The van der Waals surface area contributed by atoms with E-state index in [9.17, 15) is 9.18 Å². The van der Waals surface area contributed by atoms with Crippen LogP contribution in [0.1, 0.15) is 24.0 Å². The van der Waals surface area contributed by atoms with Gasteiger partial charge in [-0.05, 0) is 49.6 Å². The van der Waals surface area contributed by atoms with Crippen molar-refractivity contribution in [3.05, 3.63) is 83.8 Å². The summed E-state index contributed by atoms with van der Waals surface area (Å²) in [6, 6.07) is 18.0. The first kappa shape index (κ1) is 22.7. The molecule has 3 heterocycles. The summed E-state index contributed by atoms with van der Waals surface area (Å²) in [7, 11) is 0. The van der Waals surface area contributed by atoms with Gasteiger partial charge in [0.15, 0.2) is 0 Å². The first-order valence-electron chi connectivity index (χ1n) is 11.7. The normalized spacial score (nSPS) is 14.2. The summed E-state index contributed by atoms with van der Waals surface area (Å²) in [4.78, 5) is 23.9. The Kier molecular flexibility index (Phi) is 6.52. The molecule has 1 N–H and O–H groups in total. The predicted octanol–water partition coefficient (Wildman–Crippen LogP) is 4.78. The molecule has 0 spiro atoms. The third-order valence-corrected chi connectivity index (χ3v) is 6.28. The number of aromatic nitrogens is 3. The molecule has 0 bridgehead atoms. The van der Waals surface area contributed by atoms with Crippen LogP contribution in [0.2, 0.25) is 0 Å². The van der Waals surface area contributed by atoms with E-state index in [0.29, 0.717) is 42.5 Å². The van der Waals surface area contributed by atoms with Gasteiger partial charge in [0.2, 0.25) is 11.7 Å². The zero-order chi connectivity index (χ0) is 24.2. The number of benzene rings is 2. The highest BCUT2D eigenvalue weighted by Gasteiger charge is 2.27. The van der Waals surface area contributed by atoms with Crippen LogP contribution >= 0.6 is 0 Å². The number of anilines is 1. The average Bonchev–Trinajstić information content (AvgIpc) is 3.39. The number of rotatable bonds is 6. The molecule has 2 aromatic carbocycles. The highest BCUT2D eigenvalue weighted by Crippen LogP contribution is 2.32. The van der Waals surface area contributed by atoms with Crippen molar-refractivity contribution < 1.29 is 13.7 Å². The van der Waals surface area contributed by atoms with Gasteiger partial charge >= 0.3 is 0 Å². The van der Waals surface area contributed by atoms with Crippen LogP contribution in [0.15, 0.2) is 71.4 Å². The van der Waals surface area contributed by atoms with Crippen LogP contribution in [-0.2, 0) is 11.3 Å². The summed E-state index contributed by atoms with van der Waals surface area (Å²) in [6.07, 6.45) is 3.19. The van der Waals surface area contributed by atoms with Gasteiger partial charge in [-0.2, -0.15) is 4.98 Å². The van der Waals surface area contributed by atoms with Crippen LogP contribution in [-0.4, -0.2) is 34.1 Å². The largest absolute Gasteiger partial charge is 0.356 e. The summed E-state index contributed by atoms with van der Waals surface area (Å²) in [5, 5.41) is 7.09. The third-order valence-electron chi connectivity index (χ3n) is 6.28. The number of amides is 1. The lowest BCUT2D eigenvalue weighted by Crippen LogP contribution is -2.40. The monoisotopic (exact) mass is 471 g/mol. The van der Waals surface area contributed by atoms with Crippen LogP contribution in [0.4, 0.5) is 10.2 Å². The maximum atomic E-state index is 13.6. The van der Waals surface area contributed by atoms with Gasteiger partial charge in [0.25, 0.3) is 5.89 Å². The number of carbonyl (C=O) groups is 1. The van der Waals surface area contributed by atoms with E-state index in [0.717, 1.165) is 24.2 Å². The summed E-state index contributed by atoms with van der Waals surface area (Å²) >= 11 is 0. The van der Waals surface area contributed by atoms with Gasteiger partial charge in [0.1, 0.15) is 11.6 Å². The molecule has 0 atom stereocenters. The molecular weight excluding hydrogens is 445 g/mol. The second-order valence-electron chi connectivity index (χ2n) is 8.77. The number of hydrogen-bond donors (Lipinski definition) is 1. The first-order chi connectivity index (χ1) is 17.1. The Morgan fingerprint density at radius 1 is 1.11 bits per heavy atom. The number of nitrogens with one attached hydrogen (secondary N) is 1. The fraction of sp³-hybridized carbons (Fsp3) is 0.259. The van der Waals surface area contributed by atoms with Gasteiger partial charge in [-0.1, -0.05) is 47.1 Å². The Morgan fingerprint density at radius 2 is 1.91 bits per heavy atom. The van der Waals surface area contributed by atoms with Crippen molar-refractivity contribution in [3.63, 3.8) is 0 Å². The molecule has 1 amide bonds. The van der Waals surface area contributed by atoms with E-state index in [1.807, 2.05) is 31.2 Å². The van der Waals surface area contributed by atoms with Crippen molar-refractivity contribution in [1.82, 2.24) is 20.4 Å². The summed E-state index contributed by atoms with van der Waals surface area (Å²) in [5.74, 6) is 1.07. The molecule has 1 aliphatic heterocycles. The van der Waals surface area contributed by atoms with Crippen LogP contribution in [0.25, 0.3) is 22.8 Å². The third kappa shape index (κ3) is 5.21. The maximum absolute atomic E-state index is 13.6. The molecule has 1 fully saturated rings. The fourth-order valence-corrected chi connectivity index (χ4v) is 4.29. The van der Waals surface area contributed by atoms with Gasteiger partial charge < -0.3 is 14.7 Å². The molecule has 1 saturated heterocycles. The topological polar surface area (TPSA) is 84.2 Å². The SMILES string of the molecule is Cc1ccc(CNC(=O)C2CCN(c3ncccc3-c3nc(-c4cccc(F)c4)no3)CC2)cc1. The van der Waals surface area contributed by atoms with Gasteiger partial charge in [0, 0.05) is 37.3 Å². The number of pyridine rings is 1. The average molecular weight is 472 g/mol. The maximum Gasteiger partial charge on any atom is 0.261 e. The van der Waals surface area contributed by atoms with Crippen LogP contribution in [0.5, 0.6) is 0 Å². The Labute approximate surface area is 203 Å². The molecule has 7 nitrogen and oxygen atoms in total. The Bertz CT molecular complexity index is 1310. The molecule has 0 unspecified atom stereocenters. The minimum absolute atomic E-state index is 0.0353. The quantitative estimate of drug-likeness (QED) is 0.436. The van der Waals surface area contributed by atoms with Crippen molar-refractivity contribution >= 4 is 11.7 Å². The van der Waals surface area contributed by atoms with E-state index in [1.54, 1.807) is 18.3 Å². The van der Waals surface area contributed by atoms with E-state index in [4.69, 9.17) is 4.52 Å². The minimum atomic E-state index is -0.360. The number of carbonyl (C=O) groups excluding carboxylic acids is 1. The van der Waals surface area contributed by atoms with Crippen LogP contribution in [0, 0.1) is 18.7 Å². The number of piperidine rings is 1. The molecule has 2 aromatic heterocycles. The highest BCUT2D eigenvalue weighted by atomic mass is 19.1. The zero-order valence-electron chi connectivity index (χ0n) is 19.4. The zero-order valence-corrected chi connectivity index (χ0v) is 19.4. The number of nitrogens with zero attached hydrogens (tertiary/aromatic N) is 4. The first-order valence-corrected chi connectivity index (χ1v) is 11.7. The standard InChI is InChI=1S/C27H26FN5O2/c1-18-7-9-19(10-8-18)17-30-26(34)20-11-14-33(15-12-20)25-23(6-3-13-29-25)27-31-24(32-35-27)21-4-2-5-22(28)16-21/h2-10,13,16,20H,11-12,14-15,17H2,1H3,(H,30,34). The summed E-state index contributed by atoms with van der Waals surface area (Å²) in [5.41, 5.74) is 3.55. The molecule has 1 aliphatic rings. The van der Waals surface area contributed by atoms with E-state index in [1.165, 1.54) is 17.7 Å². The van der Waals surface area contributed by atoms with Gasteiger partial charge in [-0.15, -0.1) is 0 Å². The smallest absolute Gasteiger partial charge is 0.261 e. The van der Waals surface area contributed by atoms with Gasteiger partial charge in [-0.25, -0.2) is 9.37 Å². The molecule has 35 heavy (non-hydrogen) atoms. The highest BCUT2D eigenvalue weighted by molar-refractivity contribution is 5.79.